The van der Waals surface area contributed by atoms with E-state index in [1.165, 1.54) is 0 Å². The van der Waals surface area contributed by atoms with Crippen molar-refractivity contribution in [3.8, 4) is 0 Å². The summed E-state index contributed by atoms with van der Waals surface area (Å²) in [7, 11) is 0. The molecule has 1 aromatic rings. The molecule has 1 aromatic carbocycles. The van der Waals surface area contributed by atoms with Crippen molar-refractivity contribution in [1.82, 2.24) is 4.90 Å². The van der Waals surface area contributed by atoms with Crippen molar-refractivity contribution in [2.45, 2.75) is 19.8 Å². The molecule has 2 rings (SSSR count). The van der Waals surface area contributed by atoms with Crippen LogP contribution >= 0.6 is 15.9 Å². The highest BCUT2D eigenvalue weighted by atomic mass is 79.9. The molecule has 1 saturated heterocycles. The van der Waals surface area contributed by atoms with Crippen LogP contribution in [0.2, 0.25) is 0 Å². The van der Waals surface area contributed by atoms with Crippen molar-refractivity contribution in [2.75, 3.05) is 18.4 Å². The Morgan fingerprint density at radius 3 is 2.84 bits per heavy atom. The van der Waals surface area contributed by atoms with Crippen LogP contribution in [0.15, 0.2) is 16.6 Å². The maximum Gasteiger partial charge on any atom is 0.321 e. The summed E-state index contributed by atoms with van der Waals surface area (Å²) in [6.07, 6.45) is 2.04. The number of carbonyl (C=O) groups excluding carboxylic acids is 1. The number of urea groups is 1. The van der Waals surface area contributed by atoms with Crippen molar-refractivity contribution in [2.24, 2.45) is 5.92 Å². The van der Waals surface area contributed by atoms with Gasteiger partial charge in [0, 0.05) is 23.6 Å². The SMILES string of the molecule is CC1CCCN(C(=O)Nc2c(F)cc(F)cc2Br)C1. The molecule has 1 N–H and O–H groups in total. The monoisotopic (exact) mass is 332 g/mol. The summed E-state index contributed by atoms with van der Waals surface area (Å²) >= 11 is 3.05. The summed E-state index contributed by atoms with van der Waals surface area (Å²) in [5, 5.41) is 2.49. The molecule has 2 amide bonds. The fourth-order valence-corrected chi connectivity index (χ4v) is 2.73. The van der Waals surface area contributed by atoms with E-state index < -0.39 is 11.6 Å². The van der Waals surface area contributed by atoms with Crippen LogP contribution in [0.5, 0.6) is 0 Å². The van der Waals surface area contributed by atoms with Crippen molar-refractivity contribution < 1.29 is 13.6 Å². The number of likely N-dealkylation sites (tertiary alicyclic amines) is 1. The topological polar surface area (TPSA) is 32.3 Å². The average Bonchev–Trinajstić information content (AvgIpc) is 2.33. The maximum absolute atomic E-state index is 13.6. The number of rotatable bonds is 1. The molecule has 104 valence electrons. The zero-order valence-electron chi connectivity index (χ0n) is 10.5. The van der Waals surface area contributed by atoms with Crippen molar-refractivity contribution in [3.05, 3.63) is 28.2 Å². The molecule has 6 heteroatoms. The molecule has 1 atom stereocenters. The van der Waals surface area contributed by atoms with Gasteiger partial charge in [-0.3, -0.25) is 0 Å². The van der Waals surface area contributed by atoms with Gasteiger partial charge in [0.15, 0.2) is 5.82 Å². The van der Waals surface area contributed by atoms with Crippen LogP contribution in [0.1, 0.15) is 19.8 Å². The Hall–Kier alpha value is -1.17. The van der Waals surface area contributed by atoms with Gasteiger partial charge in [0.05, 0.1) is 5.69 Å². The molecule has 1 fully saturated rings. The second-order valence-corrected chi connectivity index (χ2v) is 5.72. The van der Waals surface area contributed by atoms with Crippen LogP contribution in [-0.2, 0) is 0 Å². The van der Waals surface area contributed by atoms with Gasteiger partial charge in [0.1, 0.15) is 5.82 Å². The standard InChI is InChI=1S/C13H15BrF2N2O/c1-8-3-2-4-18(7-8)13(19)17-12-10(14)5-9(15)6-11(12)16/h5-6,8H,2-4,7H2,1H3,(H,17,19). The first-order valence-corrected chi connectivity index (χ1v) is 6.97. The number of piperidine rings is 1. The van der Waals surface area contributed by atoms with Gasteiger partial charge < -0.3 is 10.2 Å². The summed E-state index contributed by atoms with van der Waals surface area (Å²) in [6.45, 7) is 3.40. The number of carbonyl (C=O) groups is 1. The Morgan fingerprint density at radius 2 is 2.21 bits per heavy atom. The maximum atomic E-state index is 13.6. The highest BCUT2D eigenvalue weighted by molar-refractivity contribution is 9.10. The third kappa shape index (κ3) is 3.43. The summed E-state index contributed by atoms with van der Waals surface area (Å²) in [5.74, 6) is -1.03. The van der Waals surface area contributed by atoms with Crippen LogP contribution in [0.25, 0.3) is 0 Å². The van der Waals surface area contributed by atoms with E-state index in [-0.39, 0.29) is 16.2 Å². The molecule has 1 heterocycles. The van der Waals surface area contributed by atoms with Gasteiger partial charge in [-0.15, -0.1) is 0 Å². The first kappa shape index (κ1) is 14.2. The van der Waals surface area contributed by atoms with Crippen LogP contribution in [0, 0.1) is 17.6 Å². The molecular formula is C13H15BrF2N2O. The van der Waals surface area contributed by atoms with Crippen molar-refractivity contribution in [1.29, 1.82) is 0 Å². The van der Waals surface area contributed by atoms with Crippen molar-refractivity contribution >= 4 is 27.6 Å². The Morgan fingerprint density at radius 1 is 1.47 bits per heavy atom. The number of nitrogens with one attached hydrogen (secondary N) is 1. The number of halogens is 3. The van der Waals surface area contributed by atoms with Crippen LogP contribution < -0.4 is 5.32 Å². The fraction of sp³-hybridized carbons (Fsp3) is 0.462. The van der Waals surface area contributed by atoms with Crippen molar-refractivity contribution in [3.63, 3.8) is 0 Å². The van der Waals surface area contributed by atoms with E-state index in [1.54, 1.807) is 4.90 Å². The van der Waals surface area contributed by atoms with E-state index in [2.05, 4.69) is 28.2 Å². The smallest absolute Gasteiger partial charge is 0.321 e. The minimum Gasteiger partial charge on any atom is -0.324 e. The molecule has 0 spiro atoms. The third-order valence-electron chi connectivity index (χ3n) is 3.18. The predicted octanol–water partition coefficient (Wildman–Crippen LogP) is 3.99. The number of hydrogen-bond donors (Lipinski definition) is 1. The lowest BCUT2D eigenvalue weighted by Crippen LogP contribution is -2.41. The first-order chi connectivity index (χ1) is 8.97. The minimum atomic E-state index is -0.787. The van der Waals surface area contributed by atoms with Crippen LogP contribution in [-0.4, -0.2) is 24.0 Å². The predicted molar refractivity (Wildman–Crippen MR) is 73.0 cm³/mol. The molecular weight excluding hydrogens is 318 g/mol. The van der Waals surface area contributed by atoms with Gasteiger partial charge in [-0.25, -0.2) is 13.6 Å². The Kier molecular flexibility index (Phi) is 4.39. The van der Waals surface area contributed by atoms with Gasteiger partial charge in [-0.1, -0.05) is 6.92 Å². The van der Waals surface area contributed by atoms with Gasteiger partial charge in [-0.05, 0) is 40.8 Å². The van der Waals surface area contributed by atoms with E-state index in [1.807, 2.05) is 0 Å². The lowest BCUT2D eigenvalue weighted by Gasteiger charge is -2.31. The van der Waals surface area contributed by atoms with E-state index in [0.29, 0.717) is 19.0 Å². The second kappa shape index (κ2) is 5.86. The molecule has 0 radical (unpaired) electrons. The molecule has 1 unspecified atom stereocenters. The summed E-state index contributed by atoms with van der Waals surface area (Å²) in [5.41, 5.74) is -0.0235. The highest BCUT2D eigenvalue weighted by Crippen LogP contribution is 2.27. The second-order valence-electron chi connectivity index (χ2n) is 4.87. The fourth-order valence-electron chi connectivity index (χ4n) is 2.22. The Bertz CT molecular complexity index is 473. The third-order valence-corrected chi connectivity index (χ3v) is 3.81. The summed E-state index contributed by atoms with van der Waals surface area (Å²) < 4.78 is 26.8. The van der Waals surface area contributed by atoms with Gasteiger partial charge in [-0.2, -0.15) is 0 Å². The number of hydrogen-bond acceptors (Lipinski definition) is 1. The number of nitrogens with zero attached hydrogens (tertiary/aromatic N) is 1. The zero-order valence-corrected chi connectivity index (χ0v) is 12.1. The average molecular weight is 333 g/mol. The lowest BCUT2D eigenvalue weighted by molar-refractivity contribution is 0.182. The minimum absolute atomic E-state index is 0.0235. The lowest BCUT2D eigenvalue weighted by atomic mass is 10.0. The highest BCUT2D eigenvalue weighted by Gasteiger charge is 2.22. The molecule has 19 heavy (non-hydrogen) atoms. The Balaban J connectivity index is 2.10. The molecule has 0 aromatic heterocycles. The number of amides is 2. The van der Waals surface area contributed by atoms with E-state index in [0.717, 1.165) is 25.0 Å². The first-order valence-electron chi connectivity index (χ1n) is 6.18. The van der Waals surface area contributed by atoms with Gasteiger partial charge in [0.25, 0.3) is 0 Å². The van der Waals surface area contributed by atoms with E-state index in [9.17, 15) is 13.6 Å². The quantitative estimate of drug-likeness (QED) is 0.828. The number of anilines is 1. The molecule has 0 saturated carbocycles. The summed E-state index contributed by atoms with van der Waals surface area (Å²) in [6, 6.07) is 1.52. The van der Waals surface area contributed by atoms with Gasteiger partial charge in [0.2, 0.25) is 0 Å². The largest absolute Gasteiger partial charge is 0.324 e. The van der Waals surface area contributed by atoms with Crippen LogP contribution in [0.4, 0.5) is 19.3 Å². The molecule has 1 aliphatic heterocycles. The van der Waals surface area contributed by atoms with E-state index >= 15 is 0 Å². The Labute approximate surface area is 119 Å². The molecule has 0 bridgehead atoms. The molecule has 3 nitrogen and oxygen atoms in total. The normalized spacial score (nSPS) is 19.4. The molecule has 0 aliphatic carbocycles. The van der Waals surface area contributed by atoms with Gasteiger partial charge >= 0.3 is 6.03 Å². The summed E-state index contributed by atoms with van der Waals surface area (Å²) in [4.78, 5) is 13.7. The molecule has 1 aliphatic rings. The van der Waals surface area contributed by atoms with Crippen LogP contribution in [0.3, 0.4) is 0 Å². The van der Waals surface area contributed by atoms with E-state index in [4.69, 9.17) is 0 Å². The number of benzene rings is 1. The zero-order chi connectivity index (χ0) is 14.0.